The Bertz CT molecular complexity index is 2020. The van der Waals surface area contributed by atoms with Gasteiger partial charge in [0.15, 0.2) is 11.4 Å². The van der Waals surface area contributed by atoms with Crippen molar-refractivity contribution in [2.75, 3.05) is 13.1 Å². The molecule has 5 rings (SSSR count). The summed E-state index contributed by atoms with van der Waals surface area (Å²) in [5.74, 6) is -0.157. The van der Waals surface area contributed by atoms with Crippen molar-refractivity contribution >= 4 is 78.5 Å². The molecule has 57 heavy (non-hydrogen) atoms. The molecule has 0 atom stereocenters. The molecule has 0 aliphatic carbocycles. The van der Waals surface area contributed by atoms with Crippen molar-refractivity contribution in [3.8, 4) is 0 Å². The van der Waals surface area contributed by atoms with Crippen LogP contribution in [-0.4, -0.2) is 70.6 Å². The molecule has 302 valence electrons. The second-order valence-corrected chi connectivity index (χ2v) is 15.3. The molecule has 0 unspecified atom stereocenters. The summed E-state index contributed by atoms with van der Waals surface area (Å²) in [5, 5.41) is 0. The molecule has 0 saturated heterocycles. The van der Waals surface area contributed by atoms with Crippen LogP contribution in [0.5, 0.6) is 0 Å². The van der Waals surface area contributed by atoms with Crippen molar-refractivity contribution in [3.05, 3.63) is 111 Å². The largest absolute Gasteiger partial charge is 1.00 e. The van der Waals surface area contributed by atoms with Gasteiger partial charge in [-0.3, -0.25) is 9.38 Å². The van der Waals surface area contributed by atoms with Gasteiger partial charge in [-0.2, -0.15) is 30.3 Å². The number of nitrogens with zero attached hydrogens (tertiary/aromatic N) is 3. The Balaban J connectivity index is -0.000000334. The fraction of sp³-hybridized carbons (Fsp3) is 0.390. The minimum Gasteiger partial charge on any atom is -0.412 e. The van der Waals surface area contributed by atoms with E-state index in [1.165, 1.54) is 44.3 Å². The van der Waals surface area contributed by atoms with E-state index >= 15 is 0 Å². The zero-order valence-corrected chi connectivity index (χ0v) is 43.0. The van der Waals surface area contributed by atoms with E-state index < -0.39 is 21.2 Å². The average Bonchev–Trinajstić information content (AvgIpc) is 3.41. The molecule has 3 aromatic rings. The molecule has 0 radical (unpaired) electrons. The molecule has 2 aliphatic rings. The number of allylic oxidation sites excluding steroid dienone is 4. The summed E-state index contributed by atoms with van der Waals surface area (Å²) in [6.07, 6.45) is 10.1. The Morgan fingerprint density at radius 1 is 0.807 bits per heavy atom. The Kier molecular flexibility index (Phi) is 30.5. The van der Waals surface area contributed by atoms with Crippen LogP contribution >= 0.6 is 22.6 Å². The molecule has 2 heterocycles. The third-order valence-corrected chi connectivity index (χ3v) is 9.81. The summed E-state index contributed by atoms with van der Waals surface area (Å²) >= 11 is 2.42. The quantitative estimate of drug-likeness (QED) is 0.0888. The van der Waals surface area contributed by atoms with Crippen LogP contribution in [0.2, 0.25) is 0 Å². The molecular weight excluding hydrogens is 901 g/mol. The van der Waals surface area contributed by atoms with E-state index in [1.54, 1.807) is 0 Å². The smallest absolute Gasteiger partial charge is 0.412 e. The maximum absolute atomic E-state index is 13.9. The van der Waals surface area contributed by atoms with E-state index in [0.29, 0.717) is 0 Å². The van der Waals surface area contributed by atoms with Gasteiger partial charge in [-0.05, 0) is 41.2 Å². The SMILES string of the molecule is C/C=C/C(C)=C/C=Nc1ccccc1.CCC[N+]1=C(C)C(C)(C)c2c[c-]cc(I)c21.CCC[N+]1=C(C)C(C)(C)c2c[c-]cc([18F])c21.O.O=S(=O)=O.O=S(=O)=O.[2HH].[Na+].[Na+]. The maximum Gasteiger partial charge on any atom is 1.00 e. The summed E-state index contributed by atoms with van der Waals surface area (Å²) < 4.78 is 70.5. The van der Waals surface area contributed by atoms with Crippen molar-refractivity contribution in [1.82, 2.24) is 0 Å². The van der Waals surface area contributed by atoms with Crippen LogP contribution in [0.15, 0.2) is 83.4 Å². The predicted octanol–water partition coefficient (Wildman–Crippen LogP) is 2.66. The standard InChI is InChI=1S/C14H18FN.C14H18IN.C13H15N.2Na.2O3S.H2O.H2/c2*1-5-9-16-10(2)14(3,4)11-7-6-8-12(15)13(11)16;1-3-7-12(2)10-11-14-13-8-5-4-6-9-13;;;2*1-4(2)3;;/h2*7-8H,5,9H2,1-4H3;3-11H,1-2H3;;;;;1H2;1H/q;;;2*+1;;;;/b;;7-3+,12-10+,14-11?;;;;;;/i15-1;;;;;;;;1+1. The van der Waals surface area contributed by atoms with E-state index in [9.17, 15) is 4.39 Å². The van der Waals surface area contributed by atoms with E-state index in [4.69, 9.17) is 25.3 Å². The van der Waals surface area contributed by atoms with Crippen LogP contribution < -0.4 is 59.1 Å². The van der Waals surface area contributed by atoms with Gasteiger partial charge in [0.1, 0.15) is 24.5 Å². The van der Waals surface area contributed by atoms with E-state index in [-0.39, 0.29) is 82.7 Å². The van der Waals surface area contributed by atoms with Crippen molar-refractivity contribution in [2.45, 2.75) is 92.9 Å². The van der Waals surface area contributed by atoms with Gasteiger partial charge < -0.3 is 5.48 Å². The number of fused-ring (bicyclic) bond motifs is 2. The Morgan fingerprint density at radius 2 is 1.23 bits per heavy atom. The van der Waals surface area contributed by atoms with Crippen LogP contribution in [0.4, 0.5) is 21.5 Å². The molecule has 0 aromatic heterocycles. The monoisotopic (exact) mass is 957 g/mol. The first-order valence-electron chi connectivity index (χ1n) is 17.3. The number of aliphatic imine (C=N–C) groups is 1. The van der Waals surface area contributed by atoms with E-state index in [2.05, 4.69) is 129 Å². The molecule has 10 nitrogen and oxygen atoms in total. The van der Waals surface area contributed by atoms with Gasteiger partial charge in [-0.15, -0.1) is 53.9 Å². The molecule has 0 saturated carbocycles. The average molecular weight is 958 g/mol. The molecule has 16 heteroatoms. The molecular formula is C41H55FIN3Na2O7S2+2. The predicted molar refractivity (Wildman–Crippen MR) is 229 cm³/mol. The maximum atomic E-state index is 13.9. The topological polar surface area (TPSA) is 152 Å². The summed E-state index contributed by atoms with van der Waals surface area (Å²) in [4.78, 5) is 4.29. The Hall–Kier alpha value is -1.99. The first kappa shape index (κ1) is 59.3. The van der Waals surface area contributed by atoms with Crippen molar-refractivity contribution in [3.63, 3.8) is 0 Å². The van der Waals surface area contributed by atoms with Crippen LogP contribution in [0.3, 0.4) is 0 Å². The van der Waals surface area contributed by atoms with Gasteiger partial charge in [0.2, 0.25) is 0 Å². The van der Waals surface area contributed by atoms with Crippen LogP contribution in [-0.2, 0) is 32.0 Å². The van der Waals surface area contributed by atoms with Gasteiger partial charge in [0, 0.05) is 45.2 Å². The minimum atomic E-state index is -3.11. The second kappa shape index (κ2) is 29.3. The number of benzene rings is 3. The molecule has 0 spiro atoms. The summed E-state index contributed by atoms with van der Waals surface area (Å²) in [7, 11) is -6.22. The molecule has 0 amide bonds. The number of hydrogen-bond acceptors (Lipinski definition) is 7. The zero-order chi connectivity index (χ0) is 41.2. The van der Waals surface area contributed by atoms with E-state index in [1.807, 2.05) is 61.7 Å². The number of hydrogen-bond donors (Lipinski definition) is 0. The van der Waals surface area contributed by atoms with Crippen molar-refractivity contribution in [2.24, 2.45) is 4.99 Å². The van der Waals surface area contributed by atoms with E-state index in [0.717, 1.165) is 36.4 Å². The third kappa shape index (κ3) is 18.4. The van der Waals surface area contributed by atoms with Gasteiger partial charge in [0.25, 0.3) is 0 Å². The minimum absolute atomic E-state index is 0. The van der Waals surface area contributed by atoms with Gasteiger partial charge in [0.05, 0.1) is 11.5 Å². The molecule has 2 aliphatic heterocycles. The molecule has 0 fully saturated rings. The summed E-state index contributed by atoms with van der Waals surface area (Å²) in [6.45, 7) is 23.6. The molecule has 2 N–H and O–H groups in total. The second-order valence-electron chi connectivity index (χ2n) is 13.3. The van der Waals surface area contributed by atoms with Gasteiger partial charge >= 0.3 is 80.3 Å². The number of halogens is 2. The Morgan fingerprint density at radius 3 is 1.67 bits per heavy atom. The molecule has 3 aromatic carbocycles. The van der Waals surface area contributed by atoms with Gasteiger partial charge in [-0.1, -0.05) is 83.0 Å². The zero-order valence-electron chi connectivity index (χ0n) is 35.2. The molecule has 0 bridgehead atoms. The van der Waals surface area contributed by atoms with Crippen molar-refractivity contribution in [1.29, 1.82) is 0 Å². The van der Waals surface area contributed by atoms with Crippen LogP contribution in [0.1, 0.15) is 94.6 Å². The third-order valence-electron chi connectivity index (χ3n) is 8.98. The van der Waals surface area contributed by atoms with Crippen LogP contribution in [0.25, 0.3) is 0 Å². The van der Waals surface area contributed by atoms with Crippen molar-refractivity contribution < 1.29 is 105 Å². The first-order chi connectivity index (χ1) is 25.3. The Labute approximate surface area is 401 Å². The summed E-state index contributed by atoms with van der Waals surface area (Å²) in [6, 6.07) is 23.6. The fourth-order valence-corrected chi connectivity index (χ4v) is 6.67. The van der Waals surface area contributed by atoms with Gasteiger partial charge in [-0.25, -0.2) is 9.15 Å². The number of para-hydroxylation sites is 1. The van der Waals surface area contributed by atoms with Crippen LogP contribution in [0, 0.1) is 21.5 Å². The fourth-order valence-electron chi connectivity index (χ4n) is 5.91. The normalized spacial score (nSPS) is 14.0. The first-order valence-corrected chi connectivity index (χ1v) is 20.4. The number of rotatable bonds is 7. The summed E-state index contributed by atoms with van der Waals surface area (Å²) in [5.41, 5.74) is 9.58.